The van der Waals surface area contributed by atoms with E-state index in [1.165, 1.54) is 0 Å². The molecule has 1 aliphatic rings. The molecular weight excluding hydrogens is 172 g/mol. The summed E-state index contributed by atoms with van der Waals surface area (Å²) in [6.07, 6.45) is 9.50. The van der Waals surface area contributed by atoms with Gasteiger partial charge in [-0.05, 0) is 6.42 Å². The van der Waals surface area contributed by atoms with Crippen LogP contribution in [0.5, 0.6) is 0 Å². The van der Waals surface area contributed by atoms with Crippen LogP contribution >= 0.6 is 0 Å². The third-order valence-electron chi connectivity index (χ3n) is 0.655. The van der Waals surface area contributed by atoms with Crippen LogP contribution < -0.4 is 0 Å². The van der Waals surface area contributed by atoms with Gasteiger partial charge in [-0.15, -0.1) is 0 Å². The van der Waals surface area contributed by atoms with Crippen LogP contribution in [0.25, 0.3) is 0 Å². The average molecular weight is 180 g/mol. The van der Waals surface area contributed by atoms with E-state index in [4.69, 9.17) is 9.59 Å². The van der Waals surface area contributed by atoms with Crippen molar-refractivity contribution >= 4 is 13.6 Å². The quantitative estimate of drug-likeness (QED) is 0.316. The Morgan fingerprint density at radius 2 is 1.20 bits per heavy atom. The fourth-order valence-corrected chi connectivity index (χ4v) is 0.393. The van der Waals surface area contributed by atoms with Gasteiger partial charge in [0, 0.05) is 0 Å². The first kappa shape index (κ1) is 16.2. The molecule has 0 atom stereocenters. The van der Waals surface area contributed by atoms with Gasteiger partial charge in [-0.2, -0.15) is 0 Å². The first-order valence-electron chi connectivity index (χ1n) is 2.29. The zero-order chi connectivity index (χ0) is 7.54. The predicted molar refractivity (Wildman–Crippen MR) is 36.4 cm³/mol. The van der Waals surface area contributed by atoms with Gasteiger partial charge in [0.1, 0.15) is 0 Å². The van der Waals surface area contributed by atoms with Gasteiger partial charge in [-0.1, -0.05) is 24.3 Å². The summed E-state index contributed by atoms with van der Waals surface area (Å²) in [4.78, 5) is 15.5. The van der Waals surface area contributed by atoms with Crippen LogP contribution in [0.3, 0.4) is 0 Å². The van der Waals surface area contributed by atoms with Crippen molar-refractivity contribution in [2.75, 3.05) is 0 Å². The summed E-state index contributed by atoms with van der Waals surface area (Å²) in [5, 5.41) is 0. The molecule has 10 heavy (non-hydrogen) atoms. The first-order chi connectivity index (χ1) is 4.50. The molecule has 2 nitrogen and oxygen atoms in total. The van der Waals surface area contributed by atoms with Crippen LogP contribution in [0.1, 0.15) is 6.42 Å². The van der Waals surface area contributed by atoms with Crippen molar-refractivity contribution in [3.8, 4) is 0 Å². The molecule has 56 valence electrons. The van der Waals surface area contributed by atoms with Crippen LogP contribution in [0.4, 0.5) is 0 Å². The van der Waals surface area contributed by atoms with Gasteiger partial charge in [0.15, 0.2) is 0 Å². The van der Waals surface area contributed by atoms with Crippen LogP contribution in [0, 0.1) is 0 Å². The van der Waals surface area contributed by atoms with E-state index in [1.54, 1.807) is 0 Å². The Bertz CT molecular complexity index is 87.8. The molecular formula is C7H8FeO2. The molecule has 0 unspecified atom stereocenters. The number of hydrogen-bond donors (Lipinski definition) is 0. The Morgan fingerprint density at radius 3 is 1.30 bits per heavy atom. The summed E-state index contributed by atoms with van der Waals surface area (Å²) in [6, 6.07) is 0. The van der Waals surface area contributed by atoms with Crippen molar-refractivity contribution in [1.82, 2.24) is 0 Å². The smallest absolute Gasteiger partial charge is 0.545 e. The number of hydrogen-bond acceptors (Lipinski definition) is 2. The largest absolute Gasteiger partial charge is 2.00 e. The van der Waals surface area contributed by atoms with Crippen molar-refractivity contribution in [3.63, 3.8) is 0 Å². The third-order valence-corrected chi connectivity index (χ3v) is 0.655. The topological polar surface area (TPSA) is 34.1 Å². The van der Waals surface area contributed by atoms with E-state index in [2.05, 4.69) is 37.9 Å². The van der Waals surface area contributed by atoms with Crippen molar-refractivity contribution in [1.29, 1.82) is 0 Å². The van der Waals surface area contributed by atoms with Gasteiger partial charge in [-0.3, -0.25) is 13.6 Å². The van der Waals surface area contributed by atoms with E-state index in [0.29, 0.717) is 0 Å². The third kappa shape index (κ3) is 15.7. The van der Waals surface area contributed by atoms with Gasteiger partial charge in [0.25, 0.3) is 0 Å². The van der Waals surface area contributed by atoms with Gasteiger partial charge in [-0.25, -0.2) is 0 Å². The molecule has 0 radical (unpaired) electrons. The second-order valence-electron chi connectivity index (χ2n) is 1.09. The molecule has 0 N–H and O–H groups in total. The molecule has 0 aromatic carbocycles. The van der Waals surface area contributed by atoms with E-state index in [-0.39, 0.29) is 17.1 Å². The second kappa shape index (κ2) is 23.9. The summed E-state index contributed by atoms with van der Waals surface area (Å²) in [5.41, 5.74) is 0. The molecule has 0 fully saturated rings. The maximum atomic E-state index is 7.75. The first-order valence-corrected chi connectivity index (χ1v) is 2.29. The molecule has 1 aliphatic carbocycles. The van der Waals surface area contributed by atoms with Crippen LogP contribution in [-0.4, -0.2) is 13.6 Å². The van der Waals surface area contributed by atoms with Gasteiger partial charge >= 0.3 is 17.1 Å². The molecule has 0 spiro atoms. The molecule has 0 saturated carbocycles. The Morgan fingerprint density at radius 1 is 0.900 bits per heavy atom. The minimum Gasteiger partial charge on any atom is -0.545 e. The minimum atomic E-state index is 0. The van der Waals surface area contributed by atoms with Gasteiger partial charge in [0.05, 0.1) is 0 Å². The SMILES string of the molecule is C1=CCC=C1.[CH-]=O.[CH-]=O.[Fe+2]. The molecule has 0 heterocycles. The summed E-state index contributed by atoms with van der Waals surface area (Å²) in [7, 11) is 0. The van der Waals surface area contributed by atoms with E-state index in [9.17, 15) is 0 Å². The summed E-state index contributed by atoms with van der Waals surface area (Å²) in [5.74, 6) is 0. The molecule has 0 bridgehead atoms. The predicted octanol–water partition coefficient (Wildman–Crippen LogP) is 0.952. The second-order valence-corrected chi connectivity index (χ2v) is 1.09. The molecule has 1 rings (SSSR count). The van der Waals surface area contributed by atoms with Crippen molar-refractivity contribution in [2.45, 2.75) is 6.42 Å². The summed E-state index contributed by atoms with van der Waals surface area (Å²) < 4.78 is 0. The van der Waals surface area contributed by atoms with Crippen molar-refractivity contribution in [3.05, 3.63) is 24.3 Å². The number of allylic oxidation sites excluding steroid dienone is 4. The Kier molecular flexibility index (Phi) is 38.6. The Balaban J connectivity index is -0.0000000875. The Hall–Kier alpha value is -0.661. The van der Waals surface area contributed by atoms with E-state index >= 15 is 0 Å². The average Bonchev–Trinajstić information content (AvgIpc) is 2.51. The molecule has 0 aromatic heterocycles. The maximum absolute atomic E-state index is 7.75. The van der Waals surface area contributed by atoms with Gasteiger partial charge < -0.3 is 9.59 Å². The standard InChI is InChI=1S/C5H6.2CHO.Fe/c1-2-4-5-3-1;2*1-2;/h1-4H,5H2;2*1H;/q;2*-1;+2. The van der Waals surface area contributed by atoms with E-state index in [0.717, 1.165) is 6.42 Å². The Labute approximate surface area is 71.5 Å². The molecule has 0 aromatic rings. The number of carbonyl (C=O) groups excluding carboxylic acids is 2. The molecule has 0 amide bonds. The van der Waals surface area contributed by atoms with Crippen LogP contribution in [-0.2, 0) is 26.7 Å². The maximum Gasteiger partial charge on any atom is 2.00 e. The molecule has 3 heteroatoms. The normalized spacial score (nSPS) is 9.60. The fraction of sp³-hybridized carbons (Fsp3) is 0.143. The van der Waals surface area contributed by atoms with Crippen molar-refractivity contribution in [2.24, 2.45) is 0 Å². The summed E-state index contributed by atoms with van der Waals surface area (Å²) >= 11 is 0. The van der Waals surface area contributed by atoms with Crippen molar-refractivity contribution < 1.29 is 26.7 Å². The van der Waals surface area contributed by atoms with Crippen LogP contribution in [0.2, 0.25) is 0 Å². The van der Waals surface area contributed by atoms with E-state index in [1.807, 2.05) is 0 Å². The molecule has 0 saturated heterocycles. The van der Waals surface area contributed by atoms with Gasteiger partial charge in [0.2, 0.25) is 0 Å². The summed E-state index contributed by atoms with van der Waals surface area (Å²) in [6.45, 7) is 6.50. The zero-order valence-corrected chi connectivity index (χ0v) is 6.45. The van der Waals surface area contributed by atoms with Crippen LogP contribution in [0.15, 0.2) is 24.3 Å². The number of rotatable bonds is 0. The zero-order valence-electron chi connectivity index (χ0n) is 5.34. The minimum absolute atomic E-state index is 0. The fourth-order valence-electron chi connectivity index (χ4n) is 0.393. The monoisotopic (exact) mass is 180 g/mol. The van der Waals surface area contributed by atoms with E-state index < -0.39 is 0 Å². The molecule has 0 aliphatic heterocycles.